The number of rotatable bonds is 6. The van der Waals surface area contributed by atoms with Gasteiger partial charge in [-0.2, -0.15) is 0 Å². The Kier molecular flexibility index (Phi) is 5.16. The van der Waals surface area contributed by atoms with E-state index in [1.54, 1.807) is 0 Å². The van der Waals surface area contributed by atoms with Crippen LogP contribution in [0.4, 0.5) is 0 Å². The van der Waals surface area contributed by atoms with Gasteiger partial charge in [0.1, 0.15) is 6.54 Å². The van der Waals surface area contributed by atoms with Crippen LogP contribution in [0.1, 0.15) is 19.4 Å². The van der Waals surface area contributed by atoms with Gasteiger partial charge in [0.25, 0.3) is 0 Å². The Labute approximate surface area is 104 Å². The number of carbonyl (C=O) groups is 1. The minimum atomic E-state index is -0.135. The standard InChI is InChI=1S/C14H22NO2/c1-4-15(5-2,12-14(16)17-3)11-13-9-7-6-8-10-13/h6-10H,4-5,11-12H2,1-3H3/q+1. The van der Waals surface area contributed by atoms with E-state index in [1.165, 1.54) is 12.7 Å². The first-order valence-corrected chi connectivity index (χ1v) is 6.11. The van der Waals surface area contributed by atoms with Crippen LogP contribution in [0.25, 0.3) is 0 Å². The molecule has 17 heavy (non-hydrogen) atoms. The number of nitrogens with zero attached hydrogens (tertiary/aromatic N) is 1. The molecule has 0 unspecified atom stereocenters. The van der Waals surface area contributed by atoms with Gasteiger partial charge in [-0.3, -0.25) is 0 Å². The smallest absolute Gasteiger partial charge is 0.361 e. The maximum absolute atomic E-state index is 11.5. The van der Waals surface area contributed by atoms with Gasteiger partial charge in [-0.05, 0) is 13.8 Å². The van der Waals surface area contributed by atoms with Crippen LogP contribution in [0, 0.1) is 0 Å². The second kappa shape index (κ2) is 6.40. The Morgan fingerprint density at radius 1 is 1.18 bits per heavy atom. The van der Waals surface area contributed by atoms with Crippen molar-refractivity contribution in [3.8, 4) is 0 Å². The predicted molar refractivity (Wildman–Crippen MR) is 68.4 cm³/mol. The lowest BCUT2D eigenvalue weighted by Crippen LogP contribution is -2.50. The number of esters is 1. The molecule has 0 bridgehead atoms. The van der Waals surface area contributed by atoms with E-state index in [0.29, 0.717) is 6.54 Å². The number of benzene rings is 1. The topological polar surface area (TPSA) is 26.3 Å². The lowest BCUT2D eigenvalue weighted by molar-refractivity contribution is -0.931. The van der Waals surface area contributed by atoms with E-state index in [0.717, 1.165) is 24.1 Å². The van der Waals surface area contributed by atoms with Crippen molar-refractivity contribution >= 4 is 5.97 Å². The molecule has 0 N–H and O–H groups in total. The Hall–Kier alpha value is -1.35. The monoisotopic (exact) mass is 236 g/mol. The normalized spacial score (nSPS) is 11.2. The van der Waals surface area contributed by atoms with E-state index < -0.39 is 0 Å². The van der Waals surface area contributed by atoms with Gasteiger partial charge in [0.15, 0.2) is 6.54 Å². The maximum atomic E-state index is 11.5. The zero-order valence-corrected chi connectivity index (χ0v) is 11.0. The molecule has 1 aromatic carbocycles. The summed E-state index contributed by atoms with van der Waals surface area (Å²) in [6.07, 6.45) is 0. The molecule has 0 aliphatic rings. The summed E-state index contributed by atoms with van der Waals surface area (Å²) in [5.41, 5.74) is 1.26. The van der Waals surface area contributed by atoms with E-state index in [2.05, 4.69) is 26.0 Å². The molecule has 0 aliphatic carbocycles. The molecule has 0 amide bonds. The van der Waals surface area contributed by atoms with Crippen LogP contribution >= 0.6 is 0 Å². The summed E-state index contributed by atoms with van der Waals surface area (Å²) in [6, 6.07) is 10.3. The van der Waals surface area contributed by atoms with Gasteiger partial charge in [-0.25, -0.2) is 4.79 Å². The Morgan fingerprint density at radius 3 is 2.24 bits per heavy atom. The summed E-state index contributed by atoms with van der Waals surface area (Å²) in [7, 11) is 1.45. The summed E-state index contributed by atoms with van der Waals surface area (Å²) in [5, 5.41) is 0. The van der Waals surface area contributed by atoms with Crippen molar-refractivity contribution in [2.45, 2.75) is 20.4 Å². The molecule has 0 radical (unpaired) electrons. The molecular formula is C14H22NO2+. The third-order valence-corrected chi connectivity index (χ3v) is 3.39. The molecule has 1 rings (SSSR count). The Balaban J connectivity index is 2.81. The predicted octanol–water partition coefficient (Wildman–Crippen LogP) is 2.22. The zero-order valence-electron chi connectivity index (χ0n) is 11.0. The van der Waals surface area contributed by atoms with Crippen molar-refractivity contribution in [1.29, 1.82) is 0 Å². The number of hydrogen-bond acceptors (Lipinski definition) is 2. The average molecular weight is 236 g/mol. The molecule has 3 heteroatoms. The van der Waals surface area contributed by atoms with E-state index in [9.17, 15) is 4.79 Å². The second-order valence-corrected chi connectivity index (χ2v) is 4.35. The van der Waals surface area contributed by atoms with Crippen LogP contribution in [0.15, 0.2) is 30.3 Å². The SMILES string of the molecule is CC[N+](CC)(CC(=O)OC)Cc1ccccc1. The first-order valence-electron chi connectivity index (χ1n) is 6.11. The Bertz CT molecular complexity index is 344. The van der Waals surface area contributed by atoms with Gasteiger partial charge < -0.3 is 9.22 Å². The highest BCUT2D eigenvalue weighted by Crippen LogP contribution is 2.14. The van der Waals surface area contributed by atoms with Gasteiger partial charge >= 0.3 is 5.97 Å². The molecule has 3 nitrogen and oxygen atoms in total. The molecule has 0 aromatic heterocycles. The zero-order chi connectivity index (χ0) is 12.7. The van der Waals surface area contributed by atoms with Crippen molar-refractivity contribution in [2.75, 3.05) is 26.7 Å². The quantitative estimate of drug-likeness (QED) is 0.559. The molecule has 0 fully saturated rings. The highest BCUT2D eigenvalue weighted by Gasteiger charge is 2.27. The summed E-state index contributed by atoms with van der Waals surface area (Å²) < 4.78 is 5.54. The largest absolute Gasteiger partial charge is 0.465 e. The Morgan fingerprint density at radius 2 is 1.76 bits per heavy atom. The fourth-order valence-corrected chi connectivity index (χ4v) is 2.04. The van der Waals surface area contributed by atoms with E-state index in [-0.39, 0.29) is 5.97 Å². The molecule has 0 aliphatic heterocycles. The van der Waals surface area contributed by atoms with Crippen LogP contribution < -0.4 is 0 Å². The highest BCUT2D eigenvalue weighted by atomic mass is 16.5. The minimum Gasteiger partial charge on any atom is -0.465 e. The van der Waals surface area contributed by atoms with E-state index in [1.807, 2.05) is 18.2 Å². The highest BCUT2D eigenvalue weighted by molar-refractivity contribution is 5.70. The molecule has 0 atom stereocenters. The lowest BCUT2D eigenvalue weighted by atomic mass is 10.1. The van der Waals surface area contributed by atoms with Crippen LogP contribution in [-0.2, 0) is 16.1 Å². The average Bonchev–Trinajstić information content (AvgIpc) is 2.39. The molecule has 94 valence electrons. The van der Waals surface area contributed by atoms with Crippen LogP contribution in [0.3, 0.4) is 0 Å². The number of methoxy groups -OCH3 is 1. The fourth-order valence-electron chi connectivity index (χ4n) is 2.04. The van der Waals surface area contributed by atoms with Gasteiger partial charge in [0.05, 0.1) is 20.2 Å². The molecule has 0 heterocycles. The third kappa shape index (κ3) is 3.86. The summed E-state index contributed by atoms with van der Waals surface area (Å²) in [6.45, 7) is 7.42. The van der Waals surface area contributed by atoms with E-state index >= 15 is 0 Å². The second-order valence-electron chi connectivity index (χ2n) is 4.35. The first kappa shape index (κ1) is 13.7. The number of ether oxygens (including phenoxy) is 1. The van der Waals surface area contributed by atoms with Crippen LogP contribution in [-0.4, -0.2) is 37.2 Å². The van der Waals surface area contributed by atoms with Gasteiger partial charge in [-0.15, -0.1) is 0 Å². The van der Waals surface area contributed by atoms with Crippen molar-refractivity contribution in [3.05, 3.63) is 35.9 Å². The van der Waals surface area contributed by atoms with Crippen LogP contribution in [0.2, 0.25) is 0 Å². The maximum Gasteiger partial charge on any atom is 0.361 e. The molecule has 0 saturated heterocycles. The molecular weight excluding hydrogens is 214 g/mol. The number of carbonyl (C=O) groups excluding carboxylic acids is 1. The summed E-state index contributed by atoms with van der Waals surface area (Å²) in [4.78, 5) is 11.5. The number of likely N-dealkylation sites (N-methyl/N-ethyl adjacent to an activating group) is 1. The molecule has 1 aromatic rings. The number of hydrogen-bond donors (Lipinski definition) is 0. The van der Waals surface area contributed by atoms with Gasteiger partial charge in [0.2, 0.25) is 0 Å². The van der Waals surface area contributed by atoms with Gasteiger partial charge in [-0.1, -0.05) is 30.3 Å². The van der Waals surface area contributed by atoms with Crippen molar-refractivity contribution in [3.63, 3.8) is 0 Å². The summed E-state index contributed by atoms with van der Waals surface area (Å²) >= 11 is 0. The first-order chi connectivity index (χ1) is 8.15. The minimum absolute atomic E-state index is 0.135. The summed E-state index contributed by atoms with van der Waals surface area (Å²) in [5.74, 6) is -0.135. The van der Waals surface area contributed by atoms with Crippen molar-refractivity contribution in [2.24, 2.45) is 0 Å². The fraction of sp³-hybridized carbons (Fsp3) is 0.500. The van der Waals surface area contributed by atoms with Crippen molar-refractivity contribution in [1.82, 2.24) is 0 Å². The van der Waals surface area contributed by atoms with Crippen molar-refractivity contribution < 1.29 is 14.0 Å². The van der Waals surface area contributed by atoms with E-state index in [4.69, 9.17) is 4.74 Å². The number of quaternary nitrogens is 1. The molecule has 0 saturated carbocycles. The molecule has 0 spiro atoms. The third-order valence-electron chi connectivity index (χ3n) is 3.39. The van der Waals surface area contributed by atoms with Crippen LogP contribution in [0.5, 0.6) is 0 Å². The lowest BCUT2D eigenvalue weighted by Gasteiger charge is -2.35. The van der Waals surface area contributed by atoms with Gasteiger partial charge in [0, 0.05) is 5.56 Å².